The number of nitrogens with one attached hydrogen (secondary N) is 1. The summed E-state index contributed by atoms with van der Waals surface area (Å²) in [6.45, 7) is 8.61. The van der Waals surface area contributed by atoms with Gasteiger partial charge in [-0.15, -0.1) is 0 Å². The molecule has 1 aliphatic rings. The van der Waals surface area contributed by atoms with E-state index in [0.29, 0.717) is 12.6 Å². The second-order valence-electron chi connectivity index (χ2n) is 5.79. The first-order valence-electron chi connectivity index (χ1n) is 6.29. The van der Waals surface area contributed by atoms with Gasteiger partial charge >= 0.3 is 0 Å². The van der Waals surface area contributed by atoms with Crippen molar-refractivity contribution < 1.29 is 13.2 Å². The van der Waals surface area contributed by atoms with Gasteiger partial charge in [0.05, 0.1) is 16.6 Å². The second-order valence-corrected chi connectivity index (χ2v) is 8.65. The summed E-state index contributed by atoms with van der Waals surface area (Å²) < 4.78 is 28.6. The summed E-state index contributed by atoms with van der Waals surface area (Å²) in [6, 6.07) is 0.397. The van der Waals surface area contributed by atoms with Crippen molar-refractivity contribution in [2.75, 3.05) is 18.9 Å². The zero-order chi connectivity index (χ0) is 13.1. The Labute approximate surface area is 105 Å². The zero-order valence-corrected chi connectivity index (χ0v) is 12.1. The van der Waals surface area contributed by atoms with Crippen molar-refractivity contribution in [2.45, 2.75) is 57.4 Å². The molecule has 0 aromatic heterocycles. The van der Waals surface area contributed by atoms with E-state index >= 15 is 0 Å². The molecule has 2 unspecified atom stereocenters. The molecular formula is C12H25NO3S. The predicted molar refractivity (Wildman–Crippen MR) is 70.0 cm³/mol. The van der Waals surface area contributed by atoms with Crippen LogP contribution in [0.1, 0.15) is 40.5 Å². The maximum atomic E-state index is 11.9. The van der Waals surface area contributed by atoms with Crippen molar-refractivity contribution in [1.29, 1.82) is 0 Å². The third-order valence-electron chi connectivity index (χ3n) is 3.22. The molecule has 17 heavy (non-hydrogen) atoms. The van der Waals surface area contributed by atoms with Crippen molar-refractivity contribution in [2.24, 2.45) is 0 Å². The molecule has 1 rings (SSSR count). The van der Waals surface area contributed by atoms with E-state index in [4.69, 9.17) is 4.74 Å². The molecule has 0 bridgehead atoms. The maximum absolute atomic E-state index is 11.9. The molecule has 4 nitrogen and oxygen atoms in total. The number of hydrogen-bond donors (Lipinski definition) is 1. The lowest BCUT2D eigenvalue weighted by Crippen LogP contribution is -2.42. The van der Waals surface area contributed by atoms with E-state index in [1.54, 1.807) is 20.8 Å². The molecule has 0 saturated carbocycles. The first-order chi connectivity index (χ1) is 7.72. The number of ether oxygens (including phenoxy) is 1. The molecule has 0 amide bonds. The average molecular weight is 263 g/mol. The quantitative estimate of drug-likeness (QED) is 0.832. The highest BCUT2D eigenvalue weighted by Gasteiger charge is 2.28. The Morgan fingerprint density at radius 1 is 1.35 bits per heavy atom. The van der Waals surface area contributed by atoms with Crippen LogP contribution in [0.25, 0.3) is 0 Å². The van der Waals surface area contributed by atoms with E-state index in [1.165, 1.54) is 0 Å². The Hall–Kier alpha value is -0.130. The highest BCUT2D eigenvalue weighted by Crippen LogP contribution is 2.16. The molecule has 2 atom stereocenters. The SMILES string of the molecule is CC1CC(NCCS(=O)(=O)C(C)(C)C)CCO1. The first kappa shape index (κ1) is 14.9. The fourth-order valence-electron chi connectivity index (χ4n) is 1.89. The average Bonchev–Trinajstić information content (AvgIpc) is 2.15. The molecule has 0 radical (unpaired) electrons. The van der Waals surface area contributed by atoms with Crippen LogP contribution in [0, 0.1) is 0 Å². The van der Waals surface area contributed by atoms with E-state index in [1.807, 2.05) is 0 Å². The van der Waals surface area contributed by atoms with Gasteiger partial charge in [-0.2, -0.15) is 0 Å². The molecule has 1 aliphatic heterocycles. The van der Waals surface area contributed by atoms with Crippen LogP contribution >= 0.6 is 0 Å². The van der Waals surface area contributed by atoms with Crippen LogP contribution in [0.2, 0.25) is 0 Å². The molecule has 1 saturated heterocycles. The van der Waals surface area contributed by atoms with Crippen LogP contribution in [0.4, 0.5) is 0 Å². The molecule has 0 aromatic rings. The van der Waals surface area contributed by atoms with E-state index in [9.17, 15) is 8.42 Å². The molecular weight excluding hydrogens is 238 g/mol. The molecule has 5 heteroatoms. The van der Waals surface area contributed by atoms with Crippen molar-refractivity contribution in [3.05, 3.63) is 0 Å². The third-order valence-corrected chi connectivity index (χ3v) is 5.83. The fourth-order valence-corrected chi connectivity index (χ4v) is 2.89. The van der Waals surface area contributed by atoms with Gasteiger partial charge in [-0.1, -0.05) is 0 Å². The van der Waals surface area contributed by atoms with Gasteiger partial charge in [-0.25, -0.2) is 8.42 Å². The normalized spacial score (nSPS) is 27.1. The molecule has 102 valence electrons. The summed E-state index contributed by atoms with van der Waals surface area (Å²) in [6.07, 6.45) is 2.22. The summed E-state index contributed by atoms with van der Waals surface area (Å²) >= 11 is 0. The standard InChI is InChI=1S/C12H25NO3S/c1-10-9-11(5-7-16-10)13-6-8-17(14,15)12(2,3)4/h10-11,13H,5-9H2,1-4H3. The van der Waals surface area contributed by atoms with Crippen LogP contribution in [-0.4, -0.2) is 44.2 Å². The van der Waals surface area contributed by atoms with E-state index < -0.39 is 14.6 Å². The highest BCUT2D eigenvalue weighted by molar-refractivity contribution is 7.92. The predicted octanol–water partition coefficient (Wildman–Crippen LogP) is 1.36. The number of sulfone groups is 1. The maximum Gasteiger partial charge on any atom is 0.156 e. The van der Waals surface area contributed by atoms with Crippen LogP contribution in [0.15, 0.2) is 0 Å². The summed E-state index contributed by atoms with van der Waals surface area (Å²) in [7, 11) is -3.01. The van der Waals surface area contributed by atoms with Crippen molar-refractivity contribution >= 4 is 9.84 Å². The Kier molecular flexibility index (Phi) is 4.98. The van der Waals surface area contributed by atoms with Gasteiger partial charge in [-0.3, -0.25) is 0 Å². The minimum Gasteiger partial charge on any atom is -0.378 e. The summed E-state index contributed by atoms with van der Waals surface area (Å²) in [5, 5.41) is 3.32. The summed E-state index contributed by atoms with van der Waals surface area (Å²) in [4.78, 5) is 0. The lowest BCUT2D eigenvalue weighted by atomic mass is 10.0. The zero-order valence-electron chi connectivity index (χ0n) is 11.3. The van der Waals surface area contributed by atoms with E-state index in [2.05, 4.69) is 12.2 Å². The summed E-state index contributed by atoms with van der Waals surface area (Å²) in [5.41, 5.74) is 0. The lowest BCUT2D eigenvalue weighted by molar-refractivity contribution is 0.0137. The smallest absolute Gasteiger partial charge is 0.156 e. The second kappa shape index (κ2) is 5.67. The molecule has 0 aromatic carbocycles. The van der Waals surface area contributed by atoms with Crippen LogP contribution < -0.4 is 5.32 Å². The largest absolute Gasteiger partial charge is 0.378 e. The van der Waals surface area contributed by atoms with Crippen LogP contribution in [0.3, 0.4) is 0 Å². The van der Waals surface area contributed by atoms with Gasteiger partial charge in [0.1, 0.15) is 0 Å². The Bertz CT molecular complexity index is 332. The van der Waals surface area contributed by atoms with Gasteiger partial charge in [0.2, 0.25) is 0 Å². The van der Waals surface area contributed by atoms with Gasteiger partial charge in [0, 0.05) is 19.2 Å². The van der Waals surface area contributed by atoms with Crippen LogP contribution in [0.5, 0.6) is 0 Å². The molecule has 0 spiro atoms. The Morgan fingerprint density at radius 3 is 2.53 bits per heavy atom. The minimum absolute atomic E-state index is 0.211. The summed E-state index contributed by atoms with van der Waals surface area (Å²) in [5.74, 6) is 0.211. The number of rotatable bonds is 4. The van der Waals surface area contributed by atoms with Gasteiger partial charge in [-0.05, 0) is 40.5 Å². The van der Waals surface area contributed by atoms with Crippen molar-refractivity contribution in [1.82, 2.24) is 5.32 Å². The Morgan fingerprint density at radius 2 is 2.00 bits per heavy atom. The van der Waals surface area contributed by atoms with Gasteiger partial charge in [0.15, 0.2) is 9.84 Å². The fraction of sp³-hybridized carbons (Fsp3) is 1.00. The van der Waals surface area contributed by atoms with E-state index in [-0.39, 0.29) is 11.9 Å². The lowest BCUT2D eigenvalue weighted by Gasteiger charge is -2.28. The first-order valence-corrected chi connectivity index (χ1v) is 7.95. The van der Waals surface area contributed by atoms with E-state index in [0.717, 1.165) is 19.4 Å². The molecule has 1 N–H and O–H groups in total. The Balaban J connectivity index is 2.33. The molecule has 1 fully saturated rings. The topological polar surface area (TPSA) is 55.4 Å². The molecule has 0 aliphatic carbocycles. The van der Waals surface area contributed by atoms with Gasteiger partial charge in [0.25, 0.3) is 0 Å². The third kappa shape index (κ3) is 4.56. The minimum atomic E-state index is -3.01. The van der Waals surface area contributed by atoms with Gasteiger partial charge < -0.3 is 10.1 Å². The van der Waals surface area contributed by atoms with Crippen LogP contribution in [-0.2, 0) is 14.6 Å². The van der Waals surface area contributed by atoms with Crippen molar-refractivity contribution in [3.8, 4) is 0 Å². The monoisotopic (exact) mass is 263 g/mol. The highest BCUT2D eigenvalue weighted by atomic mass is 32.2. The number of hydrogen-bond acceptors (Lipinski definition) is 4. The van der Waals surface area contributed by atoms with Crippen molar-refractivity contribution in [3.63, 3.8) is 0 Å². The molecule has 1 heterocycles.